The molecule has 0 spiro atoms. The molecule has 2 N–H and O–H groups in total. The van der Waals surface area contributed by atoms with Gasteiger partial charge in [-0.1, -0.05) is 0 Å². The van der Waals surface area contributed by atoms with Crippen LogP contribution in [-0.4, -0.2) is 50.4 Å². The molecule has 198 valence electrons. The molecule has 1 saturated carbocycles. The van der Waals surface area contributed by atoms with Crippen molar-refractivity contribution in [3.63, 3.8) is 0 Å². The Hall–Kier alpha value is -1.92. The number of rotatable bonds is 5. The van der Waals surface area contributed by atoms with Crippen LogP contribution in [0.15, 0.2) is 0 Å². The van der Waals surface area contributed by atoms with Gasteiger partial charge in [0, 0.05) is 25.0 Å². The number of sulfonamides is 1. The van der Waals surface area contributed by atoms with Crippen molar-refractivity contribution in [3.05, 3.63) is 23.3 Å². The van der Waals surface area contributed by atoms with Gasteiger partial charge in [0.25, 0.3) is 0 Å². The first kappa shape index (κ1) is 27.7. The molecule has 1 heterocycles. The number of morpholine rings is 1. The van der Waals surface area contributed by atoms with Crippen LogP contribution in [0.25, 0.3) is 0 Å². The van der Waals surface area contributed by atoms with Gasteiger partial charge in [0.15, 0.2) is 23.3 Å². The van der Waals surface area contributed by atoms with E-state index < -0.39 is 73.4 Å². The maximum Gasteiger partial charge on any atom is 0.227 e. The summed E-state index contributed by atoms with van der Waals surface area (Å²) in [4.78, 5) is 13.9. The Morgan fingerprint density at radius 3 is 1.86 bits per heavy atom. The fraction of sp³-hybridized carbons (Fsp3) is 0.696. The third kappa shape index (κ3) is 5.91. The quantitative estimate of drug-likeness (QED) is 0.449. The van der Waals surface area contributed by atoms with Crippen LogP contribution in [0.3, 0.4) is 0 Å². The van der Waals surface area contributed by atoms with E-state index in [1.807, 2.05) is 5.32 Å². The lowest BCUT2D eigenvalue weighted by Gasteiger charge is -2.37. The number of nitrogens with one attached hydrogen (secondary N) is 2. The molecule has 1 amide bonds. The number of hydrogen-bond acceptors (Lipinski definition) is 5. The molecule has 3 rings (SSSR count). The van der Waals surface area contributed by atoms with Crippen LogP contribution < -0.4 is 14.9 Å². The predicted octanol–water partition coefficient (Wildman–Crippen LogP) is 4.07. The summed E-state index contributed by atoms with van der Waals surface area (Å²) in [5, 5.41) is 2.01. The molecule has 35 heavy (non-hydrogen) atoms. The average molecular weight is 524 g/mol. The van der Waals surface area contributed by atoms with Crippen molar-refractivity contribution in [1.82, 2.24) is 4.72 Å². The minimum Gasteiger partial charge on any atom is -0.372 e. The molecule has 0 bridgehead atoms. The van der Waals surface area contributed by atoms with Gasteiger partial charge in [-0.3, -0.25) is 4.79 Å². The van der Waals surface area contributed by atoms with Crippen LogP contribution in [0, 0.1) is 29.2 Å². The lowest BCUT2D eigenvalue weighted by Crippen LogP contribution is -2.46. The lowest BCUT2D eigenvalue weighted by atomic mass is 9.86. The Kier molecular flexibility index (Phi) is 8.07. The van der Waals surface area contributed by atoms with Crippen LogP contribution in [-0.2, 0) is 19.6 Å². The molecule has 1 aliphatic heterocycles. The van der Waals surface area contributed by atoms with Crippen molar-refractivity contribution in [2.24, 2.45) is 5.92 Å². The maximum absolute atomic E-state index is 14.9. The van der Waals surface area contributed by atoms with Crippen LogP contribution in [0.4, 0.5) is 28.9 Å². The van der Waals surface area contributed by atoms with Crippen LogP contribution in [0.1, 0.15) is 60.3 Å². The number of amides is 1. The summed E-state index contributed by atoms with van der Waals surface area (Å²) in [5.41, 5.74) is -2.00. The van der Waals surface area contributed by atoms with Crippen LogP contribution in [0.2, 0.25) is 0 Å². The second-order valence-electron chi connectivity index (χ2n) is 10.4. The summed E-state index contributed by atoms with van der Waals surface area (Å²) < 4.78 is 91.2. The molecule has 2 atom stereocenters. The summed E-state index contributed by atoms with van der Waals surface area (Å²) in [6.45, 7) is 8.17. The highest BCUT2D eigenvalue weighted by Gasteiger charge is 2.36. The van der Waals surface area contributed by atoms with Crippen molar-refractivity contribution in [2.75, 3.05) is 23.3 Å². The Labute approximate surface area is 203 Å². The van der Waals surface area contributed by atoms with E-state index in [9.17, 15) is 30.8 Å². The molecule has 1 aromatic carbocycles. The summed E-state index contributed by atoms with van der Waals surface area (Å²) >= 11 is 0. The third-order valence-electron chi connectivity index (χ3n) is 6.45. The molecule has 2 fully saturated rings. The van der Waals surface area contributed by atoms with Gasteiger partial charge in [-0.15, -0.1) is 0 Å². The van der Waals surface area contributed by atoms with E-state index in [0.717, 1.165) is 0 Å². The molecule has 0 radical (unpaired) electrons. The molecule has 1 aliphatic carbocycles. The van der Waals surface area contributed by atoms with E-state index in [0.29, 0.717) is 12.8 Å². The van der Waals surface area contributed by atoms with Gasteiger partial charge in [0.05, 0.1) is 17.0 Å². The van der Waals surface area contributed by atoms with Gasteiger partial charge in [-0.25, -0.2) is 30.7 Å². The van der Waals surface area contributed by atoms with Gasteiger partial charge in [-0.2, -0.15) is 0 Å². The Balaban J connectivity index is 1.71. The van der Waals surface area contributed by atoms with Gasteiger partial charge in [-0.05, 0) is 60.3 Å². The second-order valence-corrected chi connectivity index (χ2v) is 12.9. The predicted molar refractivity (Wildman–Crippen MR) is 125 cm³/mol. The highest BCUT2D eigenvalue weighted by Crippen LogP contribution is 2.36. The minimum absolute atomic E-state index is 0.0466. The first-order valence-electron chi connectivity index (χ1n) is 11.7. The van der Waals surface area contributed by atoms with E-state index in [-0.39, 0.29) is 32.0 Å². The molecule has 1 saturated heterocycles. The standard InChI is InChI=1S/C23H33F4N3O4S/c1-12-10-30(11-13(2)34-12)21-18(26)16(24)20(17(25)19(21)27)28-22(31)14-6-8-15(9-7-14)29-35(32,33)23(3,4)5/h12-15,29H,6-11H2,1-5H3,(H,28,31)/t12-,13?,14?,15?/m0/s1. The van der Waals surface area contributed by atoms with Gasteiger partial charge < -0.3 is 15.0 Å². The zero-order valence-corrected chi connectivity index (χ0v) is 21.4. The number of halogens is 4. The lowest BCUT2D eigenvalue weighted by molar-refractivity contribution is -0.120. The van der Waals surface area contributed by atoms with Crippen molar-refractivity contribution in [1.29, 1.82) is 0 Å². The average Bonchev–Trinajstić information content (AvgIpc) is 2.74. The van der Waals surface area contributed by atoms with Gasteiger partial charge in [0.1, 0.15) is 11.4 Å². The number of anilines is 2. The summed E-state index contributed by atoms with van der Waals surface area (Å²) in [6.07, 6.45) is 0.385. The van der Waals surface area contributed by atoms with Crippen LogP contribution in [0.5, 0.6) is 0 Å². The number of hydrogen-bond donors (Lipinski definition) is 2. The van der Waals surface area contributed by atoms with E-state index in [1.165, 1.54) is 4.90 Å². The second kappa shape index (κ2) is 10.2. The minimum atomic E-state index is -3.57. The number of ether oxygens (including phenoxy) is 1. The molecular formula is C23H33F4N3O4S. The highest BCUT2D eigenvalue weighted by molar-refractivity contribution is 7.90. The van der Waals surface area contributed by atoms with E-state index in [2.05, 4.69) is 4.72 Å². The van der Waals surface area contributed by atoms with Gasteiger partial charge in [0.2, 0.25) is 15.9 Å². The molecular weight excluding hydrogens is 490 g/mol. The molecule has 12 heteroatoms. The maximum atomic E-state index is 14.9. The van der Waals surface area contributed by atoms with Crippen molar-refractivity contribution in [3.8, 4) is 0 Å². The normalized spacial score (nSPS) is 26.0. The fourth-order valence-corrected chi connectivity index (χ4v) is 5.49. The summed E-state index contributed by atoms with van der Waals surface area (Å²) in [6, 6.07) is -0.371. The molecule has 0 aromatic heterocycles. The molecule has 1 aromatic rings. The van der Waals surface area contributed by atoms with E-state index >= 15 is 0 Å². The van der Waals surface area contributed by atoms with E-state index in [4.69, 9.17) is 4.74 Å². The zero-order chi connectivity index (χ0) is 26.3. The first-order chi connectivity index (χ1) is 16.1. The summed E-state index contributed by atoms with van der Waals surface area (Å²) in [7, 11) is -3.57. The monoisotopic (exact) mass is 523 g/mol. The Morgan fingerprint density at radius 2 is 1.40 bits per heavy atom. The van der Waals surface area contributed by atoms with Gasteiger partial charge >= 0.3 is 0 Å². The smallest absolute Gasteiger partial charge is 0.227 e. The Morgan fingerprint density at radius 1 is 0.914 bits per heavy atom. The van der Waals surface area contributed by atoms with Crippen molar-refractivity contribution < 1.29 is 35.5 Å². The largest absolute Gasteiger partial charge is 0.372 e. The number of carbonyl (C=O) groups is 1. The van der Waals surface area contributed by atoms with Crippen molar-refractivity contribution >= 4 is 27.3 Å². The van der Waals surface area contributed by atoms with E-state index in [1.54, 1.807) is 34.6 Å². The highest BCUT2D eigenvalue weighted by atomic mass is 32.2. The van der Waals surface area contributed by atoms with Crippen molar-refractivity contribution in [2.45, 2.75) is 83.3 Å². The topological polar surface area (TPSA) is 87.7 Å². The Bertz CT molecular complexity index is 1030. The molecule has 2 aliphatic rings. The SMILES string of the molecule is CC1CN(c2c(F)c(F)c(NC(=O)C3CCC(NS(=O)(=O)C(C)(C)C)CC3)c(F)c2F)C[C@H](C)O1. The molecule has 7 nitrogen and oxygen atoms in total. The fourth-order valence-electron chi connectivity index (χ4n) is 4.46. The first-order valence-corrected chi connectivity index (χ1v) is 13.2. The number of nitrogens with zero attached hydrogens (tertiary/aromatic N) is 1. The molecule has 1 unspecified atom stereocenters. The third-order valence-corrected chi connectivity index (χ3v) is 8.71. The van der Waals surface area contributed by atoms with Crippen LogP contribution >= 0.6 is 0 Å². The number of benzene rings is 1. The number of carbonyl (C=O) groups excluding carboxylic acids is 1. The zero-order valence-electron chi connectivity index (χ0n) is 20.6. The summed E-state index contributed by atoms with van der Waals surface area (Å²) in [5.74, 6) is -7.98.